The van der Waals surface area contributed by atoms with E-state index in [1.807, 2.05) is 36.4 Å². The van der Waals surface area contributed by atoms with E-state index in [1.54, 1.807) is 0 Å². The normalized spacial score (nSPS) is 17.1. The average Bonchev–Trinajstić information content (AvgIpc) is 2.55. The molecule has 2 heterocycles. The zero-order chi connectivity index (χ0) is 15.1. The third-order valence-corrected chi connectivity index (χ3v) is 4.71. The van der Waals surface area contributed by atoms with E-state index in [-0.39, 0.29) is 11.8 Å². The van der Waals surface area contributed by atoms with Crippen LogP contribution in [0.1, 0.15) is 23.5 Å². The fourth-order valence-electron chi connectivity index (χ4n) is 3.13. The second-order valence-electron chi connectivity index (χ2n) is 5.43. The standard InChI is InChI=1S/C18H13BrN2O/c19-17-13-9-5-4-8-12(13)16-14(11-6-2-1-3-7-11)10-15(22)20-18(16)21-17/h1-9,14H,10H2,(H,20,21,22). The summed E-state index contributed by atoms with van der Waals surface area (Å²) in [7, 11) is 0. The molecule has 0 radical (unpaired) electrons. The second kappa shape index (κ2) is 5.21. The number of carbonyl (C=O) groups excluding carboxylic acids is 1. The first-order chi connectivity index (χ1) is 10.7. The number of rotatable bonds is 1. The van der Waals surface area contributed by atoms with E-state index < -0.39 is 0 Å². The number of fused-ring (bicyclic) bond motifs is 3. The number of anilines is 1. The highest BCUT2D eigenvalue weighted by atomic mass is 79.9. The Kier molecular flexibility index (Phi) is 3.19. The molecule has 1 amide bonds. The molecule has 0 aliphatic carbocycles. The minimum absolute atomic E-state index is 0.0102. The van der Waals surface area contributed by atoms with Gasteiger partial charge in [0.1, 0.15) is 10.4 Å². The first kappa shape index (κ1) is 13.5. The number of halogens is 1. The van der Waals surface area contributed by atoms with Crippen LogP contribution in [0, 0.1) is 0 Å². The van der Waals surface area contributed by atoms with Crippen molar-refractivity contribution in [2.24, 2.45) is 0 Å². The third kappa shape index (κ3) is 2.11. The molecule has 1 aliphatic rings. The average molecular weight is 353 g/mol. The summed E-state index contributed by atoms with van der Waals surface area (Å²) >= 11 is 3.51. The molecule has 1 unspecified atom stereocenters. The van der Waals surface area contributed by atoms with E-state index in [9.17, 15) is 4.79 Å². The zero-order valence-electron chi connectivity index (χ0n) is 11.7. The molecular weight excluding hydrogens is 340 g/mol. The summed E-state index contributed by atoms with van der Waals surface area (Å²) in [6.45, 7) is 0. The lowest BCUT2D eigenvalue weighted by Crippen LogP contribution is -2.25. The number of amides is 1. The number of aromatic nitrogens is 1. The van der Waals surface area contributed by atoms with Crippen LogP contribution in [-0.4, -0.2) is 10.9 Å². The van der Waals surface area contributed by atoms with Crippen LogP contribution in [-0.2, 0) is 4.79 Å². The SMILES string of the molecule is O=C1CC(c2ccccc2)c2c(nc(Br)c3ccccc23)N1. The van der Waals surface area contributed by atoms with Gasteiger partial charge in [-0.15, -0.1) is 0 Å². The van der Waals surface area contributed by atoms with Crippen molar-refractivity contribution in [3.05, 3.63) is 70.3 Å². The molecular formula is C18H13BrN2O. The summed E-state index contributed by atoms with van der Waals surface area (Å²) < 4.78 is 0.760. The number of hydrogen-bond donors (Lipinski definition) is 1. The van der Waals surface area contributed by atoms with Crippen molar-refractivity contribution in [2.45, 2.75) is 12.3 Å². The first-order valence-electron chi connectivity index (χ1n) is 7.17. The van der Waals surface area contributed by atoms with Gasteiger partial charge in [0.25, 0.3) is 0 Å². The van der Waals surface area contributed by atoms with E-state index >= 15 is 0 Å². The quantitative estimate of drug-likeness (QED) is 0.656. The minimum Gasteiger partial charge on any atom is -0.310 e. The van der Waals surface area contributed by atoms with Gasteiger partial charge in [0, 0.05) is 23.3 Å². The van der Waals surface area contributed by atoms with Gasteiger partial charge in [-0.25, -0.2) is 4.98 Å². The maximum absolute atomic E-state index is 12.1. The largest absolute Gasteiger partial charge is 0.310 e. The Morgan fingerprint density at radius 1 is 1.00 bits per heavy atom. The summed E-state index contributed by atoms with van der Waals surface area (Å²) in [6, 6.07) is 18.3. The molecule has 1 aliphatic heterocycles. The smallest absolute Gasteiger partial charge is 0.226 e. The predicted molar refractivity (Wildman–Crippen MR) is 91.0 cm³/mol. The highest BCUT2D eigenvalue weighted by Crippen LogP contribution is 2.42. The van der Waals surface area contributed by atoms with Crippen LogP contribution in [0.5, 0.6) is 0 Å². The minimum atomic E-state index is 0.0102. The lowest BCUT2D eigenvalue weighted by atomic mass is 9.84. The van der Waals surface area contributed by atoms with Gasteiger partial charge < -0.3 is 5.32 Å². The van der Waals surface area contributed by atoms with Gasteiger partial charge in [0.2, 0.25) is 5.91 Å². The van der Waals surface area contributed by atoms with Gasteiger partial charge in [-0.2, -0.15) is 0 Å². The van der Waals surface area contributed by atoms with Crippen molar-refractivity contribution in [1.29, 1.82) is 0 Å². The van der Waals surface area contributed by atoms with Gasteiger partial charge in [0.05, 0.1) is 0 Å². The molecule has 3 nitrogen and oxygen atoms in total. The summed E-state index contributed by atoms with van der Waals surface area (Å²) in [4.78, 5) is 16.6. The van der Waals surface area contributed by atoms with Crippen LogP contribution in [0.2, 0.25) is 0 Å². The highest BCUT2D eigenvalue weighted by molar-refractivity contribution is 9.10. The van der Waals surface area contributed by atoms with Crippen LogP contribution in [0.4, 0.5) is 5.82 Å². The molecule has 1 atom stereocenters. The van der Waals surface area contributed by atoms with Crippen LogP contribution >= 0.6 is 15.9 Å². The van der Waals surface area contributed by atoms with E-state index in [2.05, 4.69) is 44.4 Å². The van der Waals surface area contributed by atoms with E-state index in [0.717, 1.165) is 26.5 Å². The topological polar surface area (TPSA) is 42.0 Å². The van der Waals surface area contributed by atoms with Gasteiger partial charge in [0.15, 0.2) is 0 Å². The van der Waals surface area contributed by atoms with Gasteiger partial charge >= 0.3 is 0 Å². The van der Waals surface area contributed by atoms with Crippen molar-refractivity contribution in [3.63, 3.8) is 0 Å². The van der Waals surface area contributed by atoms with Crippen LogP contribution < -0.4 is 5.32 Å². The van der Waals surface area contributed by atoms with Gasteiger partial charge in [-0.05, 0) is 26.9 Å². The molecule has 3 aromatic rings. The van der Waals surface area contributed by atoms with Crippen LogP contribution in [0.15, 0.2) is 59.2 Å². The Morgan fingerprint density at radius 3 is 2.45 bits per heavy atom. The fourth-order valence-corrected chi connectivity index (χ4v) is 3.66. The Balaban J connectivity index is 2.03. The van der Waals surface area contributed by atoms with Crippen molar-refractivity contribution >= 4 is 38.4 Å². The number of carbonyl (C=O) groups is 1. The number of pyridine rings is 1. The Labute approximate surface area is 136 Å². The summed E-state index contributed by atoms with van der Waals surface area (Å²) in [5, 5.41) is 5.11. The van der Waals surface area contributed by atoms with E-state index in [4.69, 9.17) is 0 Å². The number of hydrogen-bond acceptors (Lipinski definition) is 2. The molecule has 108 valence electrons. The van der Waals surface area contributed by atoms with Crippen molar-refractivity contribution in [2.75, 3.05) is 5.32 Å². The molecule has 1 N–H and O–H groups in total. The third-order valence-electron chi connectivity index (χ3n) is 4.10. The monoisotopic (exact) mass is 352 g/mol. The number of nitrogens with one attached hydrogen (secondary N) is 1. The molecule has 0 bridgehead atoms. The predicted octanol–water partition coefficient (Wildman–Crippen LogP) is 4.47. The summed E-state index contributed by atoms with van der Waals surface area (Å²) in [5.74, 6) is 0.710. The van der Waals surface area contributed by atoms with Crippen molar-refractivity contribution < 1.29 is 4.79 Å². The first-order valence-corrected chi connectivity index (χ1v) is 7.96. The molecule has 0 saturated carbocycles. The molecule has 22 heavy (non-hydrogen) atoms. The lowest BCUT2D eigenvalue weighted by Gasteiger charge is -2.27. The molecule has 0 fully saturated rings. The van der Waals surface area contributed by atoms with Crippen molar-refractivity contribution in [1.82, 2.24) is 4.98 Å². The molecule has 0 spiro atoms. The summed E-state index contributed by atoms with van der Waals surface area (Å²) in [5.41, 5.74) is 2.25. The van der Waals surface area contributed by atoms with E-state index in [1.165, 1.54) is 0 Å². The van der Waals surface area contributed by atoms with Crippen molar-refractivity contribution in [3.8, 4) is 0 Å². The highest BCUT2D eigenvalue weighted by Gasteiger charge is 2.29. The Hall–Kier alpha value is -2.20. The Morgan fingerprint density at radius 2 is 1.68 bits per heavy atom. The lowest BCUT2D eigenvalue weighted by molar-refractivity contribution is -0.116. The van der Waals surface area contributed by atoms with E-state index in [0.29, 0.717) is 12.2 Å². The molecule has 4 heteroatoms. The van der Waals surface area contributed by atoms with Crippen LogP contribution in [0.3, 0.4) is 0 Å². The van der Waals surface area contributed by atoms with Gasteiger partial charge in [-0.1, -0.05) is 54.6 Å². The zero-order valence-corrected chi connectivity index (χ0v) is 13.3. The molecule has 4 rings (SSSR count). The Bertz CT molecular complexity index is 877. The fraction of sp³-hybridized carbons (Fsp3) is 0.111. The summed E-state index contributed by atoms with van der Waals surface area (Å²) in [6.07, 6.45) is 0.449. The maximum Gasteiger partial charge on any atom is 0.226 e. The molecule has 2 aromatic carbocycles. The maximum atomic E-state index is 12.1. The second-order valence-corrected chi connectivity index (χ2v) is 6.18. The molecule has 0 saturated heterocycles. The van der Waals surface area contributed by atoms with Gasteiger partial charge in [-0.3, -0.25) is 4.79 Å². The molecule has 1 aromatic heterocycles. The van der Waals surface area contributed by atoms with Crippen LogP contribution in [0.25, 0.3) is 10.8 Å². The number of nitrogens with zero attached hydrogens (tertiary/aromatic N) is 1. The number of benzene rings is 2.